The van der Waals surface area contributed by atoms with Crippen molar-refractivity contribution in [3.8, 4) is 17.2 Å². The van der Waals surface area contributed by atoms with E-state index in [-0.39, 0.29) is 30.1 Å². The highest BCUT2D eigenvalue weighted by Crippen LogP contribution is 2.29. The third-order valence-corrected chi connectivity index (χ3v) is 4.25. The van der Waals surface area contributed by atoms with Gasteiger partial charge in [0.15, 0.2) is 17.5 Å². The summed E-state index contributed by atoms with van der Waals surface area (Å²) >= 11 is 3.48. The average molecular weight is 550 g/mol. The van der Waals surface area contributed by atoms with Gasteiger partial charge >= 0.3 is 0 Å². The van der Waals surface area contributed by atoms with Gasteiger partial charge in [-0.15, -0.1) is 24.0 Å². The Kier molecular flexibility index (Phi) is 10.3. The summed E-state index contributed by atoms with van der Waals surface area (Å²) in [6, 6.07) is 13.4. The number of rotatable bonds is 7. The van der Waals surface area contributed by atoms with E-state index >= 15 is 0 Å². The number of hydrogen-bond donors (Lipinski definition) is 2. The third-order valence-electron chi connectivity index (χ3n) is 3.59. The normalized spacial score (nSPS) is 11.8. The quantitative estimate of drug-likeness (QED) is 0.301. The minimum Gasteiger partial charge on any atom is -0.493 e. The van der Waals surface area contributed by atoms with Crippen LogP contribution in [0.1, 0.15) is 6.92 Å². The van der Waals surface area contributed by atoms with Crippen LogP contribution in [0.25, 0.3) is 0 Å². The Hall–Kier alpha value is -1.68. The summed E-state index contributed by atoms with van der Waals surface area (Å²) in [6.45, 7) is 2.59. The highest BCUT2D eigenvalue weighted by Gasteiger charge is 2.09. The standard InChI is InChI=1S/C19H24BrN3O3.HI/c1-13(26-16-8-6-5-7-15(16)20)12-22-19(21-2)23-14-9-10-17(24-3)18(11-14)25-4;/h5-11,13H,12H2,1-4H3,(H2,21,22,23);1H. The predicted molar refractivity (Wildman–Crippen MR) is 124 cm³/mol. The second-order valence-electron chi connectivity index (χ2n) is 5.51. The Morgan fingerprint density at radius 1 is 1.07 bits per heavy atom. The van der Waals surface area contributed by atoms with Crippen molar-refractivity contribution in [1.82, 2.24) is 5.32 Å². The largest absolute Gasteiger partial charge is 0.493 e. The van der Waals surface area contributed by atoms with E-state index in [1.54, 1.807) is 21.3 Å². The Morgan fingerprint density at radius 3 is 2.41 bits per heavy atom. The molecule has 0 amide bonds. The van der Waals surface area contributed by atoms with Crippen LogP contribution < -0.4 is 24.8 Å². The molecule has 27 heavy (non-hydrogen) atoms. The van der Waals surface area contributed by atoms with E-state index in [0.29, 0.717) is 24.0 Å². The van der Waals surface area contributed by atoms with Gasteiger partial charge in [0.2, 0.25) is 0 Å². The summed E-state index contributed by atoms with van der Waals surface area (Å²) < 4.78 is 17.4. The molecular formula is C19H25BrIN3O3. The van der Waals surface area contributed by atoms with Crippen LogP contribution in [-0.2, 0) is 0 Å². The molecular weight excluding hydrogens is 525 g/mol. The first-order valence-electron chi connectivity index (χ1n) is 8.18. The number of anilines is 1. The van der Waals surface area contributed by atoms with Crippen LogP contribution in [0.5, 0.6) is 17.2 Å². The molecule has 0 radical (unpaired) electrons. The first-order chi connectivity index (χ1) is 12.6. The lowest BCUT2D eigenvalue weighted by molar-refractivity contribution is 0.223. The molecule has 0 saturated heterocycles. The van der Waals surface area contributed by atoms with E-state index in [0.717, 1.165) is 15.9 Å². The molecule has 2 aromatic rings. The lowest BCUT2D eigenvalue weighted by Crippen LogP contribution is -2.37. The van der Waals surface area contributed by atoms with E-state index in [4.69, 9.17) is 14.2 Å². The number of aliphatic imine (C=N–C) groups is 1. The fraction of sp³-hybridized carbons (Fsp3) is 0.316. The maximum atomic E-state index is 5.93. The average Bonchev–Trinajstić information content (AvgIpc) is 2.66. The third kappa shape index (κ3) is 7.10. The molecule has 2 rings (SSSR count). The van der Waals surface area contributed by atoms with Crippen LogP contribution in [0.15, 0.2) is 51.9 Å². The number of nitrogens with zero attached hydrogens (tertiary/aromatic N) is 1. The van der Waals surface area contributed by atoms with Crippen molar-refractivity contribution in [3.63, 3.8) is 0 Å². The van der Waals surface area contributed by atoms with Gasteiger partial charge in [0.1, 0.15) is 11.9 Å². The van der Waals surface area contributed by atoms with Gasteiger partial charge in [0, 0.05) is 18.8 Å². The summed E-state index contributed by atoms with van der Waals surface area (Å²) in [7, 11) is 4.93. The smallest absolute Gasteiger partial charge is 0.195 e. The summed E-state index contributed by atoms with van der Waals surface area (Å²) in [6.07, 6.45) is -0.0438. The van der Waals surface area contributed by atoms with Crippen LogP contribution in [-0.4, -0.2) is 39.9 Å². The van der Waals surface area contributed by atoms with E-state index in [2.05, 4.69) is 31.6 Å². The molecule has 0 heterocycles. The van der Waals surface area contributed by atoms with E-state index in [1.165, 1.54) is 0 Å². The van der Waals surface area contributed by atoms with Crippen molar-refractivity contribution in [2.75, 3.05) is 33.1 Å². The molecule has 0 saturated carbocycles. The van der Waals surface area contributed by atoms with Crippen LogP contribution >= 0.6 is 39.9 Å². The Morgan fingerprint density at radius 2 is 1.78 bits per heavy atom. The first-order valence-corrected chi connectivity index (χ1v) is 8.97. The van der Waals surface area contributed by atoms with Gasteiger partial charge in [-0.2, -0.15) is 0 Å². The number of methoxy groups -OCH3 is 2. The van der Waals surface area contributed by atoms with Gasteiger partial charge in [0.25, 0.3) is 0 Å². The number of benzene rings is 2. The van der Waals surface area contributed by atoms with Gasteiger partial charge in [-0.1, -0.05) is 12.1 Å². The lowest BCUT2D eigenvalue weighted by Gasteiger charge is -2.19. The number of ether oxygens (including phenoxy) is 3. The number of hydrogen-bond acceptors (Lipinski definition) is 4. The SMILES string of the molecule is CN=C(NCC(C)Oc1ccccc1Br)Nc1ccc(OC)c(OC)c1.I. The van der Waals surface area contributed by atoms with E-state index < -0.39 is 0 Å². The minimum absolute atomic E-state index is 0. The van der Waals surface area contributed by atoms with Crippen LogP contribution in [0.2, 0.25) is 0 Å². The molecule has 8 heteroatoms. The van der Waals surface area contributed by atoms with Crippen molar-refractivity contribution < 1.29 is 14.2 Å². The number of guanidine groups is 1. The van der Waals surface area contributed by atoms with Gasteiger partial charge in [-0.25, -0.2) is 0 Å². The van der Waals surface area contributed by atoms with Crippen LogP contribution in [0, 0.1) is 0 Å². The summed E-state index contributed by atoms with van der Waals surface area (Å²) in [5.41, 5.74) is 0.843. The molecule has 1 unspecified atom stereocenters. The highest BCUT2D eigenvalue weighted by molar-refractivity contribution is 14.0. The van der Waals surface area contributed by atoms with E-state index in [9.17, 15) is 0 Å². The maximum absolute atomic E-state index is 5.93. The summed E-state index contributed by atoms with van der Waals surface area (Å²) in [5, 5.41) is 6.47. The topological polar surface area (TPSA) is 64.1 Å². The molecule has 0 aliphatic heterocycles. The number of nitrogens with one attached hydrogen (secondary N) is 2. The molecule has 6 nitrogen and oxygen atoms in total. The molecule has 0 aliphatic rings. The zero-order chi connectivity index (χ0) is 18.9. The van der Waals surface area contributed by atoms with Crippen LogP contribution in [0.4, 0.5) is 5.69 Å². The Bertz CT molecular complexity index is 759. The van der Waals surface area contributed by atoms with Gasteiger partial charge in [-0.05, 0) is 47.1 Å². The molecule has 0 aromatic heterocycles. The second-order valence-corrected chi connectivity index (χ2v) is 6.36. The van der Waals surface area contributed by atoms with Gasteiger partial charge in [0.05, 0.1) is 25.2 Å². The Balaban J connectivity index is 0.00000364. The molecule has 2 N–H and O–H groups in total. The fourth-order valence-electron chi connectivity index (χ4n) is 2.27. The van der Waals surface area contributed by atoms with Crippen LogP contribution in [0.3, 0.4) is 0 Å². The highest BCUT2D eigenvalue weighted by atomic mass is 127. The lowest BCUT2D eigenvalue weighted by atomic mass is 10.2. The van der Waals surface area contributed by atoms with E-state index in [1.807, 2.05) is 49.4 Å². The summed E-state index contributed by atoms with van der Waals surface area (Å²) in [5.74, 6) is 2.78. The fourth-order valence-corrected chi connectivity index (χ4v) is 2.65. The van der Waals surface area contributed by atoms with Gasteiger partial charge < -0.3 is 24.8 Å². The molecule has 2 aromatic carbocycles. The monoisotopic (exact) mass is 549 g/mol. The van der Waals surface area contributed by atoms with Crippen molar-refractivity contribution in [2.45, 2.75) is 13.0 Å². The van der Waals surface area contributed by atoms with Crippen molar-refractivity contribution >= 4 is 51.6 Å². The number of halogens is 2. The molecule has 1 atom stereocenters. The van der Waals surface area contributed by atoms with Crippen molar-refractivity contribution in [2.24, 2.45) is 4.99 Å². The zero-order valence-corrected chi connectivity index (χ0v) is 19.7. The van der Waals surface area contributed by atoms with Crippen molar-refractivity contribution in [1.29, 1.82) is 0 Å². The molecule has 148 valence electrons. The minimum atomic E-state index is -0.0438. The Labute approximate surface area is 185 Å². The molecule has 0 aliphatic carbocycles. The maximum Gasteiger partial charge on any atom is 0.195 e. The summed E-state index contributed by atoms with van der Waals surface area (Å²) in [4.78, 5) is 4.24. The predicted octanol–water partition coefficient (Wildman–Crippen LogP) is 4.54. The second kappa shape index (κ2) is 11.9. The first kappa shape index (κ1) is 23.4. The molecule has 0 bridgehead atoms. The number of para-hydroxylation sites is 1. The zero-order valence-electron chi connectivity index (χ0n) is 15.8. The van der Waals surface area contributed by atoms with Crippen molar-refractivity contribution in [3.05, 3.63) is 46.9 Å². The molecule has 0 spiro atoms. The van der Waals surface area contributed by atoms with Gasteiger partial charge in [-0.3, -0.25) is 4.99 Å². The molecule has 0 fully saturated rings.